The van der Waals surface area contributed by atoms with Crippen molar-refractivity contribution < 1.29 is 9.47 Å². The number of ether oxygens (including phenoxy) is 2. The van der Waals surface area contributed by atoms with E-state index in [1.165, 1.54) is 16.7 Å². The normalized spacial score (nSPS) is 16.8. The smallest absolute Gasteiger partial charge is 0.231 e. The van der Waals surface area contributed by atoms with Crippen LogP contribution in [0.1, 0.15) is 29.5 Å². The molecule has 5 nitrogen and oxygen atoms in total. The van der Waals surface area contributed by atoms with Crippen LogP contribution >= 0.6 is 24.0 Å². The predicted octanol–water partition coefficient (Wildman–Crippen LogP) is 3.47. The van der Waals surface area contributed by atoms with Gasteiger partial charge < -0.3 is 20.1 Å². The van der Waals surface area contributed by atoms with Crippen LogP contribution in [0.2, 0.25) is 0 Å². The third-order valence-electron chi connectivity index (χ3n) is 4.92. The van der Waals surface area contributed by atoms with Gasteiger partial charge in [-0.15, -0.1) is 24.0 Å². The van der Waals surface area contributed by atoms with Crippen molar-refractivity contribution in [2.24, 2.45) is 4.99 Å². The first kappa shape index (κ1) is 19.8. The highest BCUT2D eigenvalue weighted by Crippen LogP contribution is 2.35. The minimum Gasteiger partial charge on any atom is -0.454 e. The first-order chi connectivity index (χ1) is 12.8. The number of aliphatic imine (C=N–C) groups is 1. The van der Waals surface area contributed by atoms with Crippen molar-refractivity contribution >= 4 is 29.9 Å². The second kappa shape index (κ2) is 9.30. The molecular formula is C21H26IN3O2. The van der Waals surface area contributed by atoms with Crippen LogP contribution in [0.3, 0.4) is 0 Å². The van der Waals surface area contributed by atoms with Crippen LogP contribution in [0, 0.1) is 0 Å². The molecule has 0 bridgehead atoms. The standard InChI is InChI=1S/C21H25N3O2.HI/c1-2-22-21(24-13-17-12-16-5-3-4-6-18(16)17)23-10-9-15-7-8-19-20(11-15)26-14-25-19;/h3-8,11,17H,2,9-10,12-14H2,1H3,(H2,22,23,24);1H. The number of nitrogens with zero attached hydrogens (tertiary/aromatic N) is 1. The monoisotopic (exact) mass is 479 g/mol. The van der Waals surface area contributed by atoms with Gasteiger partial charge in [-0.25, -0.2) is 0 Å². The largest absolute Gasteiger partial charge is 0.454 e. The van der Waals surface area contributed by atoms with Crippen LogP contribution in [-0.4, -0.2) is 32.4 Å². The maximum atomic E-state index is 5.44. The molecule has 2 N–H and O–H groups in total. The van der Waals surface area contributed by atoms with Crippen molar-refractivity contribution in [2.45, 2.75) is 25.7 Å². The molecule has 27 heavy (non-hydrogen) atoms. The van der Waals surface area contributed by atoms with Gasteiger partial charge in [-0.05, 0) is 48.6 Å². The maximum absolute atomic E-state index is 5.44. The molecule has 0 fully saturated rings. The summed E-state index contributed by atoms with van der Waals surface area (Å²) in [5, 5.41) is 6.76. The molecule has 1 aliphatic carbocycles. The Morgan fingerprint density at radius 2 is 1.96 bits per heavy atom. The van der Waals surface area contributed by atoms with E-state index >= 15 is 0 Å². The van der Waals surface area contributed by atoms with Crippen molar-refractivity contribution in [1.82, 2.24) is 10.6 Å². The summed E-state index contributed by atoms with van der Waals surface area (Å²) in [6, 6.07) is 14.8. The second-order valence-corrected chi connectivity index (χ2v) is 6.68. The minimum absolute atomic E-state index is 0. The van der Waals surface area contributed by atoms with Gasteiger partial charge >= 0.3 is 0 Å². The maximum Gasteiger partial charge on any atom is 0.231 e. The zero-order valence-corrected chi connectivity index (χ0v) is 17.9. The van der Waals surface area contributed by atoms with E-state index in [9.17, 15) is 0 Å². The lowest BCUT2D eigenvalue weighted by Crippen LogP contribution is -2.39. The highest BCUT2D eigenvalue weighted by Gasteiger charge is 2.24. The van der Waals surface area contributed by atoms with Gasteiger partial charge in [-0.1, -0.05) is 30.3 Å². The molecule has 2 aliphatic rings. The molecule has 1 unspecified atom stereocenters. The molecule has 0 aromatic heterocycles. The summed E-state index contributed by atoms with van der Waals surface area (Å²) in [7, 11) is 0. The molecule has 0 saturated heterocycles. The average molecular weight is 479 g/mol. The number of benzene rings is 2. The Bertz CT molecular complexity index is 810. The molecule has 144 valence electrons. The van der Waals surface area contributed by atoms with Crippen molar-refractivity contribution in [1.29, 1.82) is 0 Å². The van der Waals surface area contributed by atoms with Crippen LogP contribution in [0.15, 0.2) is 47.5 Å². The van der Waals surface area contributed by atoms with E-state index in [-0.39, 0.29) is 24.0 Å². The van der Waals surface area contributed by atoms with Gasteiger partial charge in [0, 0.05) is 25.6 Å². The topological polar surface area (TPSA) is 54.9 Å². The van der Waals surface area contributed by atoms with Gasteiger partial charge in [-0.2, -0.15) is 0 Å². The third-order valence-corrected chi connectivity index (χ3v) is 4.92. The number of hydrogen-bond acceptors (Lipinski definition) is 3. The van der Waals surface area contributed by atoms with E-state index < -0.39 is 0 Å². The molecule has 1 aliphatic heterocycles. The Morgan fingerprint density at radius 1 is 1.11 bits per heavy atom. The van der Waals surface area contributed by atoms with Crippen LogP contribution in [0.25, 0.3) is 0 Å². The molecule has 2 aromatic carbocycles. The summed E-state index contributed by atoms with van der Waals surface area (Å²) in [6.07, 6.45) is 2.05. The molecule has 6 heteroatoms. The van der Waals surface area contributed by atoms with Crippen LogP contribution in [0.5, 0.6) is 11.5 Å². The average Bonchev–Trinajstić information content (AvgIpc) is 3.10. The molecule has 0 spiro atoms. The number of nitrogens with one attached hydrogen (secondary N) is 2. The highest BCUT2D eigenvalue weighted by atomic mass is 127. The van der Waals surface area contributed by atoms with Gasteiger partial charge in [0.15, 0.2) is 17.5 Å². The molecule has 1 heterocycles. The molecule has 1 atom stereocenters. The lowest BCUT2D eigenvalue weighted by molar-refractivity contribution is 0.174. The predicted molar refractivity (Wildman–Crippen MR) is 119 cm³/mol. The zero-order chi connectivity index (χ0) is 17.8. The fraction of sp³-hybridized carbons (Fsp3) is 0.381. The number of halogens is 1. The molecule has 0 radical (unpaired) electrons. The Kier molecular flexibility index (Phi) is 6.82. The summed E-state index contributed by atoms with van der Waals surface area (Å²) in [5.74, 6) is 3.11. The van der Waals surface area contributed by atoms with Gasteiger partial charge in [0.2, 0.25) is 6.79 Å². The summed E-state index contributed by atoms with van der Waals surface area (Å²) in [4.78, 5) is 4.77. The van der Waals surface area contributed by atoms with Crippen LogP contribution in [0.4, 0.5) is 0 Å². The van der Waals surface area contributed by atoms with E-state index in [1.807, 2.05) is 6.07 Å². The molecule has 2 aromatic rings. The number of hydrogen-bond donors (Lipinski definition) is 2. The van der Waals surface area contributed by atoms with E-state index in [0.717, 1.165) is 49.9 Å². The van der Waals surface area contributed by atoms with Gasteiger partial charge in [-0.3, -0.25) is 4.99 Å². The minimum atomic E-state index is 0. The lowest BCUT2D eigenvalue weighted by atomic mass is 9.78. The Hall–Kier alpha value is -1.96. The summed E-state index contributed by atoms with van der Waals surface area (Å²) in [6.45, 7) is 4.92. The third kappa shape index (κ3) is 4.66. The van der Waals surface area contributed by atoms with Crippen molar-refractivity contribution in [3.05, 3.63) is 59.2 Å². The SMILES string of the molecule is CCNC(=NCC1Cc2ccccc21)NCCc1ccc2c(c1)OCO2.I. The first-order valence-electron chi connectivity index (χ1n) is 9.32. The van der Waals surface area contributed by atoms with Gasteiger partial charge in [0.05, 0.1) is 0 Å². The first-order valence-corrected chi connectivity index (χ1v) is 9.32. The van der Waals surface area contributed by atoms with Crippen molar-refractivity contribution in [3.8, 4) is 11.5 Å². The van der Waals surface area contributed by atoms with E-state index in [1.54, 1.807) is 0 Å². The lowest BCUT2D eigenvalue weighted by Gasteiger charge is -2.28. The molecule has 0 amide bonds. The van der Waals surface area contributed by atoms with E-state index in [4.69, 9.17) is 14.5 Å². The zero-order valence-electron chi connectivity index (χ0n) is 15.5. The van der Waals surface area contributed by atoms with Crippen molar-refractivity contribution in [3.63, 3.8) is 0 Å². The number of guanidine groups is 1. The number of fused-ring (bicyclic) bond motifs is 2. The molecular weight excluding hydrogens is 453 g/mol. The van der Waals surface area contributed by atoms with Crippen LogP contribution < -0.4 is 20.1 Å². The second-order valence-electron chi connectivity index (χ2n) is 6.68. The fourth-order valence-electron chi connectivity index (χ4n) is 3.49. The summed E-state index contributed by atoms with van der Waals surface area (Å²) >= 11 is 0. The van der Waals surface area contributed by atoms with Crippen molar-refractivity contribution in [2.75, 3.05) is 26.4 Å². The Balaban J connectivity index is 0.00000210. The van der Waals surface area contributed by atoms with Gasteiger partial charge in [0.25, 0.3) is 0 Å². The number of rotatable bonds is 6. The summed E-state index contributed by atoms with van der Waals surface area (Å²) < 4.78 is 10.8. The molecule has 0 saturated carbocycles. The Labute approximate surface area is 177 Å². The summed E-state index contributed by atoms with van der Waals surface area (Å²) in [5.41, 5.74) is 4.14. The van der Waals surface area contributed by atoms with E-state index in [2.05, 4.69) is 54.0 Å². The molecule has 4 rings (SSSR count). The fourth-order valence-corrected chi connectivity index (χ4v) is 3.49. The van der Waals surface area contributed by atoms with Crippen LogP contribution in [-0.2, 0) is 12.8 Å². The quantitative estimate of drug-likeness (QED) is 0.379. The highest BCUT2D eigenvalue weighted by molar-refractivity contribution is 14.0. The Morgan fingerprint density at radius 3 is 2.81 bits per heavy atom. The van der Waals surface area contributed by atoms with Gasteiger partial charge in [0.1, 0.15) is 0 Å². The van der Waals surface area contributed by atoms with E-state index in [0.29, 0.717) is 12.7 Å².